The third-order valence-electron chi connectivity index (χ3n) is 4.47. The summed E-state index contributed by atoms with van der Waals surface area (Å²) in [5.74, 6) is -0.491. The minimum absolute atomic E-state index is 0.0812. The summed E-state index contributed by atoms with van der Waals surface area (Å²) in [6.45, 7) is 6.20. The Bertz CT molecular complexity index is 1110. The number of oxazole rings is 1. The van der Waals surface area contributed by atoms with Crippen LogP contribution >= 0.6 is 0 Å². The van der Waals surface area contributed by atoms with Gasteiger partial charge in [-0.05, 0) is 56.2 Å². The highest BCUT2D eigenvalue weighted by atomic mass is 32.2. The molecular weight excluding hydrogens is 340 g/mol. The number of fused-ring (bicyclic) bond motifs is 1. The van der Waals surface area contributed by atoms with Crippen LogP contribution in [0.25, 0.3) is 11.1 Å². The summed E-state index contributed by atoms with van der Waals surface area (Å²) < 4.78 is 33.7. The summed E-state index contributed by atoms with van der Waals surface area (Å²) in [6.07, 6.45) is 0. The van der Waals surface area contributed by atoms with Gasteiger partial charge in [0.05, 0.1) is 16.1 Å². The third-order valence-corrected chi connectivity index (χ3v) is 6.25. The molecule has 0 aliphatic rings. The first-order chi connectivity index (χ1) is 11.8. The van der Waals surface area contributed by atoms with Crippen molar-refractivity contribution in [2.24, 2.45) is 0 Å². The van der Waals surface area contributed by atoms with E-state index in [-0.39, 0.29) is 10.5 Å². The number of anilines is 1. The average Bonchev–Trinajstić information content (AvgIpc) is 2.90. The van der Waals surface area contributed by atoms with Crippen LogP contribution in [0.5, 0.6) is 0 Å². The number of sulfonamides is 1. The Kier molecular flexibility index (Phi) is 4.20. The fraction of sp³-hybridized carbons (Fsp3) is 0.278. The first-order valence-electron chi connectivity index (χ1n) is 7.95. The maximum Gasteiger partial charge on any atom is 0.419 e. The van der Waals surface area contributed by atoms with E-state index >= 15 is 0 Å². The smallest absolute Gasteiger partial charge is 0.408 e. The van der Waals surface area contributed by atoms with Crippen LogP contribution in [-0.2, 0) is 16.6 Å². The summed E-state index contributed by atoms with van der Waals surface area (Å²) in [5, 5.41) is 0. The zero-order valence-electron chi connectivity index (χ0n) is 14.6. The Balaban J connectivity index is 2.08. The average molecular weight is 360 g/mol. The van der Waals surface area contributed by atoms with Crippen molar-refractivity contribution in [2.75, 3.05) is 11.4 Å². The lowest BCUT2D eigenvalue weighted by molar-refractivity contribution is 0.512. The predicted molar refractivity (Wildman–Crippen MR) is 97.7 cm³/mol. The van der Waals surface area contributed by atoms with Gasteiger partial charge in [0, 0.05) is 19.7 Å². The first kappa shape index (κ1) is 17.3. The summed E-state index contributed by atoms with van der Waals surface area (Å²) >= 11 is 0. The second-order valence-corrected chi connectivity index (χ2v) is 7.95. The Morgan fingerprint density at radius 3 is 2.44 bits per heavy atom. The van der Waals surface area contributed by atoms with Crippen molar-refractivity contribution >= 4 is 26.8 Å². The number of hydrogen-bond acceptors (Lipinski definition) is 4. The molecule has 0 spiro atoms. The van der Waals surface area contributed by atoms with Gasteiger partial charge in [-0.2, -0.15) is 0 Å². The van der Waals surface area contributed by atoms with Crippen LogP contribution < -0.4 is 10.1 Å². The highest BCUT2D eigenvalue weighted by Gasteiger charge is 2.23. The van der Waals surface area contributed by atoms with Crippen molar-refractivity contribution in [3.63, 3.8) is 0 Å². The van der Waals surface area contributed by atoms with E-state index < -0.39 is 15.8 Å². The van der Waals surface area contributed by atoms with E-state index in [1.807, 2.05) is 32.9 Å². The zero-order chi connectivity index (χ0) is 18.4. The summed E-state index contributed by atoms with van der Waals surface area (Å²) in [7, 11) is -2.25. The SMILES string of the molecule is CCn1c(=O)oc2cc(S(=O)(=O)N(C)c3ccc(C)c(C)c3)ccc21. The largest absolute Gasteiger partial charge is 0.419 e. The van der Waals surface area contributed by atoms with Crippen LogP contribution in [0, 0.1) is 13.8 Å². The minimum atomic E-state index is -3.76. The van der Waals surface area contributed by atoms with Gasteiger partial charge in [-0.25, -0.2) is 13.2 Å². The number of hydrogen-bond donors (Lipinski definition) is 0. The summed E-state index contributed by atoms with van der Waals surface area (Å²) in [4.78, 5) is 11.9. The lowest BCUT2D eigenvalue weighted by Gasteiger charge is -2.20. The van der Waals surface area contributed by atoms with Crippen LogP contribution in [0.2, 0.25) is 0 Å². The highest BCUT2D eigenvalue weighted by molar-refractivity contribution is 7.92. The topological polar surface area (TPSA) is 72.5 Å². The molecule has 0 aliphatic heterocycles. The molecule has 0 fully saturated rings. The normalized spacial score (nSPS) is 11.8. The van der Waals surface area contributed by atoms with Gasteiger partial charge in [0.2, 0.25) is 0 Å². The molecule has 0 unspecified atom stereocenters. The van der Waals surface area contributed by atoms with Gasteiger partial charge in [-0.3, -0.25) is 8.87 Å². The van der Waals surface area contributed by atoms with Crippen LogP contribution in [0.15, 0.2) is 50.5 Å². The van der Waals surface area contributed by atoms with E-state index in [1.165, 1.54) is 28.1 Å². The van der Waals surface area contributed by atoms with Crippen molar-refractivity contribution in [1.29, 1.82) is 0 Å². The third kappa shape index (κ3) is 2.84. The Hall–Kier alpha value is -2.54. The van der Waals surface area contributed by atoms with Crippen LogP contribution in [0.1, 0.15) is 18.1 Å². The fourth-order valence-corrected chi connectivity index (χ4v) is 3.93. The fourth-order valence-electron chi connectivity index (χ4n) is 2.72. The second kappa shape index (κ2) is 6.07. The predicted octanol–water partition coefficient (Wildman–Crippen LogP) is 3.06. The molecule has 25 heavy (non-hydrogen) atoms. The molecule has 0 saturated carbocycles. The van der Waals surface area contributed by atoms with Gasteiger partial charge in [-0.1, -0.05) is 6.07 Å². The standard InChI is InChI=1S/C18H20N2O4S/c1-5-20-16-9-8-15(11-17(16)24-18(20)21)25(22,23)19(4)14-7-6-12(2)13(3)10-14/h6-11H,5H2,1-4H3. The Morgan fingerprint density at radius 2 is 1.80 bits per heavy atom. The van der Waals surface area contributed by atoms with E-state index in [4.69, 9.17) is 4.42 Å². The van der Waals surface area contributed by atoms with E-state index in [1.54, 1.807) is 12.1 Å². The molecule has 6 nitrogen and oxygen atoms in total. The molecule has 0 saturated heterocycles. The van der Waals surface area contributed by atoms with Gasteiger partial charge < -0.3 is 4.42 Å². The lowest BCUT2D eigenvalue weighted by Crippen LogP contribution is -2.26. The first-order valence-corrected chi connectivity index (χ1v) is 9.39. The molecule has 3 aromatic rings. The molecule has 1 heterocycles. The number of rotatable bonds is 4. The molecule has 3 rings (SSSR count). The molecule has 132 valence electrons. The molecule has 0 radical (unpaired) electrons. The van der Waals surface area contributed by atoms with Crippen LogP contribution in [0.4, 0.5) is 5.69 Å². The molecule has 0 bridgehead atoms. The Labute approximate surface area is 146 Å². The van der Waals surface area contributed by atoms with E-state index in [0.717, 1.165) is 11.1 Å². The monoisotopic (exact) mass is 360 g/mol. The maximum absolute atomic E-state index is 12.9. The van der Waals surface area contributed by atoms with Crippen LogP contribution in [-0.4, -0.2) is 20.0 Å². The van der Waals surface area contributed by atoms with Crippen LogP contribution in [0.3, 0.4) is 0 Å². The number of aromatic nitrogens is 1. The number of nitrogens with zero attached hydrogens (tertiary/aromatic N) is 2. The zero-order valence-corrected chi connectivity index (χ0v) is 15.4. The van der Waals surface area contributed by atoms with Crippen molar-refractivity contribution in [3.05, 3.63) is 58.1 Å². The van der Waals surface area contributed by atoms with Crippen molar-refractivity contribution in [1.82, 2.24) is 4.57 Å². The van der Waals surface area contributed by atoms with Gasteiger partial charge in [0.25, 0.3) is 10.0 Å². The quantitative estimate of drug-likeness (QED) is 0.717. The van der Waals surface area contributed by atoms with E-state index in [2.05, 4.69) is 0 Å². The molecule has 0 atom stereocenters. The summed E-state index contributed by atoms with van der Waals surface area (Å²) in [5.41, 5.74) is 3.54. The lowest BCUT2D eigenvalue weighted by atomic mass is 10.1. The van der Waals surface area contributed by atoms with E-state index in [9.17, 15) is 13.2 Å². The van der Waals surface area contributed by atoms with Crippen molar-refractivity contribution in [2.45, 2.75) is 32.2 Å². The number of benzene rings is 2. The summed E-state index contributed by atoms with van der Waals surface area (Å²) in [6, 6.07) is 9.99. The molecule has 1 aromatic heterocycles. The van der Waals surface area contributed by atoms with Gasteiger partial charge >= 0.3 is 5.76 Å². The molecular formula is C18H20N2O4S. The van der Waals surface area contributed by atoms with Gasteiger partial charge in [0.1, 0.15) is 0 Å². The van der Waals surface area contributed by atoms with Gasteiger partial charge in [-0.15, -0.1) is 0 Å². The second-order valence-electron chi connectivity index (χ2n) is 5.98. The molecule has 0 aliphatic carbocycles. The minimum Gasteiger partial charge on any atom is -0.408 e. The molecule has 2 aromatic carbocycles. The molecule has 0 N–H and O–H groups in total. The maximum atomic E-state index is 12.9. The highest BCUT2D eigenvalue weighted by Crippen LogP contribution is 2.26. The number of aryl methyl sites for hydroxylation is 3. The molecule has 7 heteroatoms. The molecule has 0 amide bonds. The van der Waals surface area contributed by atoms with Crippen molar-refractivity contribution in [3.8, 4) is 0 Å². The van der Waals surface area contributed by atoms with E-state index in [0.29, 0.717) is 17.7 Å². The van der Waals surface area contributed by atoms with Crippen molar-refractivity contribution < 1.29 is 12.8 Å². The van der Waals surface area contributed by atoms with Gasteiger partial charge in [0.15, 0.2) is 5.58 Å². The Morgan fingerprint density at radius 1 is 1.08 bits per heavy atom.